The van der Waals surface area contributed by atoms with E-state index in [0.717, 1.165) is 11.5 Å². The maximum atomic E-state index is 12.0. The van der Waals surface area contributed by atoms with E-state index in [1.165, 1.54) is 18.5 Å². The highest BCUT2D eigenvalue weighted by molar-refractivity contribution is 7.93. The SMILES string of the molecule is CCNc1ncc(S(=O)(=O)Nc2cnns2)cc1Cl. The molecule has 0 fully saturated rings. The molecular formula is C9H10ClN5O2S2. The van der Waals surface area contributed by atoms with Crippen LogP contribution in [0.3, 0.4) is 0 Å². The smallest absolute Gasteiger partial charge is 0.264 e. The molecule has 0 amide bonds. The molecule has 0 spiro atoms. The van der Waals surface area contributed by atoms with E-state index < -0.39 is 10.0 Å². The van der Waals surface area contributed by atoms with Crippen LogP contribution in [-0.2, 0) is 10.0 Å². The molecule has 2 aromatic heterocycles. The van der Waals surface area contributed by atoms with Gasteiger partial charge in [0.05, 0.1) is 11.2 Å². The van der Waals surface area contributed by atoms with Crippen LogP contribution in [0, 0.1) is 0 Å². The Morgan fingerprint density at radius 3 is 2.79 bits per heavy atom. The molecule has 2 rings (SSSR count). The van der Waals surface area contributed by atoms with E-state index in [9.17, 15) is 8.42 Å². The number of hydrogen-bond donors (Lipinski definition) is 2. The van der Waals surface area contributed by atoms with Crippen LogP contribution in [0.4, 0.5) is 10.8 Å². The van der Waals surface area contributed by atoms with Gasteiger partial charge >= 0.3 is 0 Å². The fraction of sp³-hybridized carbons (Fsp3) is 0.222. The number of nitrogens with zero attached hydrogens (tertiary/aromatic N) is 3. The number of sulfonamides is 1. The molecule has 102 valence electrons. The zero-order chi connectivity index (χ0) is 13.9. The maximum absolute atomic E-state index is 12.0. The molecule has 2 heterocycles. The van der Waals surface area contributed by atoms with Crippen LogP contribution in [0.15, 0.2) is 23.4 Å². The molecule has 0 atom stereocenters. The number of nitrogens with one attached hydrogen (secondary N) is 2. The molecule has 2 aromatic rings. The minimum atomic E-state index is -3.73. The van der Waals surface area contributed by atoms with E-state index in [1.54, 1.807) is 0 Å². The van der Waals surface area contributed by atoms with Crippen LogP contribution in [0.1, 0.15) is 6.92 Å². The summed E-state index contributed by atoms with van der Waals surface area (Å²) in [6, 6.07) is 1.34. The molecule has 0 unspecified atom stereocenters. The Balaban J connectivity index is 2.28. The minimum Gasteiger partial charge on any atom is -0.369 e. The molecule has 0 bridgehead atoms. The lowest BCUT2D eigenvalue weighted by molar-refractivity contribution is 0.601. The molecule has 0 aliphatic heterocycles. The number of hydrogen-bond acceptors (Lipinski definition) is 7. The summed E-state index contributed by atoms with van der Waals surface area (Å²) in [7, 11) is -3.73. The Morgan fingerprint density at radius 1 is 1.42 bits per heavy atom. The lowest BCUT2D eigenvalue weighted by Crippen LogP contribution is -2.13. The van der Waals surface area contributed by atoms with Gasteiger partial charge in [-0.25, -0.2) is 13.4 Å². The quantitative estimate of drug-likeness (QED) is 0.872. The van der Waals surface area contributed by atoms with Gasteiger partial charge in [0.1, 0.15) is 15.7 Å². The van der Waals surface area contributed by atoms with Crippen LogP contribution in [0.5, 0.6) is 0 Å². The summed E-state index contributed by atoms with van der Waals surface area (Å²) >= 11 is 6.90. The molecule has 0 aliphatic carbocycles. The van der Waals surface area contributed by atoms with Crippen molar-refractivity contribution in [1.29, 1.82) is 0 Å². The Hall–Kier alpha value is -1.45. The fourth-order valence-corrected chi connectivity index (χ4v) is 3.22. The second-order valence-electron chi connectivity index (χ2n) is 3.42. The first-order valence-corrected chi connectivity index (χ1v) is 7.86. The predicted molar refractivity (Wildman–Crippen MR) is 74.1 cm³/mol. The number of pyridine rings is 1. The minimum absolute atomic E-state index is 0.0208. The van der Waals surface area contributed by atoms with Crippen molar-refractivity contribution in [2.75, 3.05) is 16.6 Å². The first-order valence-electron chi connectivity index (χ1n) is 5.22. The molecule has 0 aliphatic rings. The van der Waals surface area contributed by atoms with Gasteiger partial charge in [-0.15, -0.1) is 5.10 Å². The van der Waals surface area contributed by atoms with E-state index >= 15 is 0 Å². The molecule has 0 radical (unpaired) electrons. The molecule has 0 aromatic carbocycles. The Kier molecular flexibility index (Phi) is 4.17. The molecular weight excluding hydrogens is 310 g/mol. The zero-order valence-electron chi connectivity index (χ0n) is 9.79. The highest BCUT2D eigenvalue weighted by atomic mass is 35.5. The number of aromatic nitrogens is 3. The van der Waals surface area contributed by atoms with Crippen molar-refractivity contribution in [2.24, 2.45) is 0 Å². The van der Waals surface area contributed by atoms with Crippen LogP contribution in [-0.4, -0.2) is 29.5 Å². The van der Waals surface area contributed by atoms with Crippen molar-refractivity contribution in [3.05, 3.63) is 23.5 Å². The molecule has 7 nitrogen and oxygen atoms in total. The van der Waals surface area contributed by atoms with Crippen LogP contribution in [0.2, 0.25) is 5.02 Å². The topological polar surface area (TPSA) is 96.9 Å². The Bertz CT molecular complexity index is 659. The van der Waals surface area contributed by atoms with E-state index in [1.807, 2.05) is 6.92 Å². The zero-order valence-corrected chi connectivity index (χ0v) is 12.2. The standard InChI is InChI=1S/C9H10ClN5O2S2/c1-2-11-9-7(10)3-6(4-12-9)19(16,17)14-8-5-13-15-18-8/h3-5,14H,2H2,1H3,(H,11,12). The average molecular weight is 320 g/mol. The van der Waals surface area contributed by atoms with Crippen molar-refractivity contribution in [1.82, 2.24) is 14.6 Å². The highest BCUT2D eigenvalue weighted by Crippen LogP contribution is 2.24. The molecule has 10 heteroatoms. The fourth-order valence-electron chi connectivity index (χ4n) is 1.27. The van der Waals surface area contributed by atoms with Gasteiger partial charge in [0.2, 0.25) is 0 Å². The predicted octanol–water partition coefficient (Wildman–Crippen LogP) is 1.82. The van der Waals surface area contributed by atoms with E-state index in [0.29, 0.717) is 17.4 Å². The first-order chi connectivity index (χ1) is 9.03. The third-order valence-electron chi connectivity index (χ3n) is 2.07. The number of halogens is 1. The van der Waals surface area contributed by atoms with Gasteiger partial charge in [-0.05, 0) is 13.0 Å². The highest BCUT2D eigenvalue weighted by Gasteiger charge is 2.17. The van der Waals surface area contributed by atoms with Gasteiger partial charge in [-0.1, -0.05) is 16.1 Å². The molecule has 19 heavy (non-hydrogen) atoms. The lowest BCUT2D eigenvalue weighted by Gasteiger charge is -2.08. The van der Waals surface area contributed by atoms with Crippen molar-refractivity contribution in [2.45, 2.75) is 11.8 Å². The second kappa shape index (κ2) is 5.68. The Morgan fingerprint density at radius 2 is 2.21 bits per heavy atom. The summed E-state index contributed by atoms with van der Waals surface area (Å²) in [5.41, 5.74) is 0. The van der Waals surface area contributed by atoms with Gasteiger partial charge in [0.15, 0.2) is 0 Å². The number of rotatable bonds is 5. The third-order valence-corrected chi connectivity index (χ3v) is 4.40. The van der Waals surface area contributed by atoms with Crippen LogP contribution in [0.25, 0.3) is 0 Å². The van der Waals surface area contributed by atoms with Crippen molar-refractivity contribution in [3.63, 3.8) is 0 Å². The van der Waals surface area contributed by atoms with Crippen molar-refractivity contribution in [3.8, 4) is 0 Å². The molecule has 2 N–H and O–H groups in total. The van der Waals surface area contributed by atoms with Crippen molar-refractivity contribution >= 4 is 44.0 Å². The van der Waals surface area contributed by atoms with Gasteiger partial charge in [-0.2, -0.15) is 0 Å². The van der Waals surface area contributed by atoms with Gasteiger partial charge in [-0.3, -0.25) is 4.72 Å². The third kappa shape index (κ3) is 3.31. The molecule has 0 saturated carbocycles. The monoisotopic (exact) mass is 319 g/mol. The second-order valence-corrected chi connectivity index (χ2v) is 6.29. The van der Waals surface area contributed by atoms with Gasteiger partial charge in [0, 0.05) is 24.3 Å². The largest absolute Gasteiger partial charge is 0.369 e. The summed E-state index contributed by atoms with van der Waals surface area (Å²) in [6.45, 7) is 2.53. The van der Waals surface area contributed by atoms with Crippen molar-refractivity contribution < 1.29 is 8.42 Å². The number of anilines is 2. The first kappa shape index (κ1) is 14.0. The van der Waals surface area contributed by atoms with Gasteiger partial charge < -0.3 is 5.32 Å². The lowest BCUT2D eigenvalue weighted by atomic mass is 10.4. The average Bonchev–Trinajstić information content (AvgIpc) is 2.84. The Labute approximate surface area is 119 Å². The van der Waals surface area contributed by atoms with E-state index in [4.69, 9.17) is 11.6 Å². The van der Waals surface area contributed by atoms with E-state index in [2.05, 4.69) is 24.6 Å². The van der Waals surface area contributed by atoms with Crippen LogP contribution < -0.4 is 10.0 Å². The van der Waals surface area contributed by atoms with E-state index in [-0.39, 0.29) is 9.92 Å². The summed E-state index contributed by atoms with van der Waals surface area (Å²) in [5, 5.41) is 7.04. The molecule has 0 saturated heterocycles. The summed E-state index contributed by atoms with van der Waals surface area (Å²) in [4.78, 5) is 3.95. The maximum Gasteiger partial charge on any atom is 0.264 e. The van der Waals surface area contributed by atoms with Crippen LogP contribution >= 0.6 is 23.1 Å². The summed E-state index contributed by atoms with van der Waals surface area (Å²) in [5.74, 6) is 0.447. The summed E-state index contributed by atoms with van der Waals surface area (Å²) in [6.07, 6.45) is 2.56. The summed E-state index contributed by atoms with van der Waals surface area (Å²) < 4.78 is 30.0. The van der Waals surface area contributed by atoms with Gasteiger partial charge in [0.25, 0.3) is 10.0 Å². The normalized spacial score (nSPS) is 11.3.